The number of piperidine rings is 1. The molecule has 1 aliphatic rings. The van der Waals surface area contributed by atoms with Gasteiger partial charge in [0.1, 0.15) is 10.8 Å². The summed E-state index contributed by atoms with van der Waals surface area (Å²) in [5, 5.41) is 5.34. The Labute approximate surface area is 188 Å². The number of hydrogen-bond acceptors (Lipinski definition) is 5. The number of nitrogens with one attached hydrogen (secondary N) is 1. The normalized spacial score (nSPS) is 16.1. The average molecular weight is 464 g/mol. The zero-order valence-corrected chi connectivity index (χ0v) is 18.2. The molecule has 4 rings (SSSR count). The smallest absolute Gasteiger partial charge is 0.416 e. The van der Waals surface area contributed by atoms with E-state index in [9.17, 15) is 18.0 Å². The minimum atomic E-state index is -4.37. The molecule has 3 aromatic rings. The molecule has 5 nitrogen and oxygen atoms in total. The first-order valence-corrected chi connectivity index (χ1v) is 11.4. The van der Waals surface area contributed by atoms with Crippen LogP contribution in [0.1, 0.15) is 42.3 Å². The maximum Gasteiger partial charge on any atom is 0.416 e. The molecule has 0 radical (unpaired) electrons. The van der Waals surface area contributed by atoms with Crippen LogP contribution in [0.25, 0.3) is 10.6 Å². The number of amides is 1. The summed E-state index contributed by atoms with van der Waals surface area (Å²) in [5.41, 5.74) is 0.491. The number of rotatable bonds is 7. The number of carbonyl (C=O) groups excluding carboxylic acids is 1. The van der Waals surface area contributed by atoms with Crippen molar-refractivity contribution in [1.82, 2.24) is 15.2 Å². The second-order valence-corrected chi connectivity index (χ2v) is 8.69. The summed E-state index contributed by atoms with van der Waals surface area (Å²) < 4.78 is 43.8. The predicted octanol–water partition coefficient (Wildman–Crippen LogP) is 5.31. The molecular weight excluding hydrogens is 439 g/mol. The minimum Gasteiger partial charge on any atom is -0.468 e. The Bertz CT molecular complexity index is 1010. The third-order valence-corrected chi connectivity index (χ3v) is 6.49. The van der Waals surface area contributed by atoms with E-state index in [0.717, 1.165) is 43.8 Å². The lowest BCUT2D eigenvalue weighted by Crippen LogP contribution is -2.40. The highest BCUT2D eigenvalue weighted by Crippen LogP contribution is 2.32. The van der Waals surface area contributed by atoms with Crippen LogP contribution in [-0.2, 0) is 17.4 Å². The van der Waals surface area contributed by atoms with Crippen molar-refractivity contribution in [2.45, 2.75) is 37.9 Å². The molecule has 1 aliphatic heterocycles. The van der Waals surface area contributed by atoms with Gasteiger partial charge in [-0.25, -0.2) is 4.98 Å². The third kappa shape index (κ3) is 5.58. The fourth-order valence-electron chi connectivity index (χ4n) is 3.88. The number of thiazole rings is 1. The van der Waals surface area contributed by atoms with Crippen LogP contribution < -0.4 is 5.32 Å². The van der Waals surface area contributed by atoms with Crippen LogP contribution >= 0.6 is 11.3 Å². The molecule has 1 atom stereocenters. The number of carbonyl (C=O) groups is 1. The van der Waals surface area contributed by atoms with E-state index in [1.54, 1.807) is 11.6 Å². The number of benzene rings is 1. The second kappa shape index (κ2) is 9.87. The summed E-state index contributed by atoms with van der Waals surface area (Å²) in [6.45, 7) is 2.40. The maximum absolute atomic E-state index is 12.7. The van der Waals surface area contributed by atoms with Gasteiger partial charge in [0.05, 0.1) is 30.0 Å². The molecule has 0 aliphatic carbocycles. The van der Waals surface area contributed by atoms with Crippen molar-refractivity contribution in [3.63, 3.8) is 0 Å². The van der Waals surface area contributed by atoms with Gasteiger partial charge in [-0.15, -0.1) is 11.3 Å². The Kier molecular flexibility index (Phi) is 6.95. The van der Waals surface area contributed by atoms with Crippen LogP contribution in [0, 0.1) is 0 Å². The van der Waals surface area contributed by atoms with Crippen LogP contribution in [0.5, 0.6) is 0 Å². The van der Waals surface area contributed by atoms with E-state index in [-0.39, 0.29) is 18.4 Å². The van der Waals surface area contributed by atoms with Gasteiger partial charge in [-0.1, -0.05) is 18.6 Å². The Morgan fingerprint density at radius 2 is 1.91 bits per heavy atom. The first kappa shape index (κ1) is 22.5. The first-order valence-electron chi connectivity index (χ1n) is 10.6. The van der Waals surface area contributed by atoms with Crippen molar-refractivity contribution < 1.29 is 22.4 Å². The Balaban J connectivity index is 1.35. The molecule has 32 heavy (non-hydrogen) atoms. The number of aromatic nitrogens is 1. The Morgan fingerprint density at radius 1 is 1.16 bits per heavy atom. The zero-order chi connectivity index (χ0) is 22.6. The molecule has 2 aromatic heterocycles. The first-order chi connectivity index (χ1) is 15.4. The van der Waals surface area contributed by atoms with E-state index in [2.05, 4.69) is 15.2 Å². The molecule has 1 saturated heterocycles. The lowest BCUT2D eigenvalue weighted by molar-refractivity contribution is -0.137. The quantitative estimate of drug-likeness (QED) is 0.516. The summed E-state index contributed by atoms with van der Waals surface area (Å²) in [5.74, 6) is 0.688. The monoisotopic (exact) mass is 463 g/mol. The van der Waals surface area contributed by atoms with Gasteiger partial charge in [0.2, 0.25) is 5.91 Å². The van der Waals surface area contributed by atoms with Gasteiger partial charge >= 0.3 is 6.18 Å². The molecule has 170 valence electrons. The Morgan fingerprint density at radius 3 is 2.56 bits per heavy atom. The van der Waals surface area contributed by atoms with Gasteiger partial charge in [-0.3, -0.25) is 9.69 Å². The van der Waals surface area contributed by atoms with Crippen LogP contribution in [0.3, 0.4) is 0 Å². The van der Waals surface area contributed by atoms with Crippen LogP contribution in [0.15, 0.2) is 52.5 Å². The Hall–Kier alpha value is -2.65. The standard InChI is InChI=1S/C23H24F3N3O2S/c24-23(25,26)17-8-6-16(7-9-17)22-28-18(15-32-22)13-21(30)27-14-19(20-5-4-12-31-20)29-10-2-1-3-11-29/h4-9,12,15,19H,1-3,10-11,13-14H2,(H,27,30). The number of likely N-dealkylation sites (tertiary alicyclic amines) is 1. The van der Waals surface area contributed by atoms with Crippen molar-refractivity contribution in [2.24, 2.45) is 0 Å². The van der Waals surface area contributed by atoms with E-state index in [1.165, 1.54) is 29.9 Å². The molecule has 3 heterocycles. The number of hydrogen-bond donors (Lipinski definition) is 1. The second-order valence-electron chi connectivity index (χ2n) is 7.83. The van der Waals surface area contributed by atoms with Crippen LogP contribution in [-0.4, -0.2) is 35.4 Å². The molecule has 1 amide bonds. The lowest BCUT2D eigenvalue weighted by atomic mass is 10.1. The molecule has 0 bridgehead atoms. The van der Waals surface area contributed by atoms with Crippen molar-refractivity contribution in [1.29, 1.82) is 0 Å². The summed E-state index contributed by atoms with van der Waals surface area (Å²) in [4.78, 5) is 19.3. The number of furan rings is 1. The third-order valence-electron chi connectivity index (χ3n) is 5.55. The van der Waals surface area contributed by atoms with Crippen LogP contribution in [0.2, 0.25) is 0 Å². The largest absolute Gasteiger partial charge is 0.468 e. The maximum atomic E-state index is 12.7. The van der Waals surface area contributed by atoms with Crippen molar-refractivity contribution in [3.05, 3.63) is 65.1 Å². The molecule has 1 unspecified atom stereocenters. The zero-order valence-electron chi connectivity index (χ0n) is 17.4. The molecular formula is C23H24F3N3O2S. The van der Waals surface area contributed by atoms with E-state index in [4.69, 9.17) is 4.42 Å². The van der Waals surface area contributed by atoms with E-state index in [1.807, 2.05) is 12.1 Å². The topological polar surface area (TPSA) is 58.4 Å². The number of halogens is 3. The van der Waals surface area contributed by atoms with Crippen molar-refractivity contribution in [3.8, 4) is 10.6 Å². The van der Waals surface area contributed by atoms with Gasteiger partial charge < -0.3 is 9.73 Å². The van der Waals surface area contributed by atoms with Gasteiger partial charge in [-0.2, -0.15) is 13.2 Å². The highest BCUT2D eigenvalue weighted by molar-refractivity contribution is 7.13. The van der Waals surface area contributed by atoms with Crippen molar-refractivity contribution in [2.75, 3.05) is 19.6 Å². The minimum absolute atomic E-state index is 0.00704. The fourth-order valence-corrected chi connectivity index (χ4v) is 4.71. The molecule has 0 spiro atoms. The number of alkyl halides is 3. The average Bonchev–Trinajstić information content (AvgIpc) is 3.47. The van der Waals surface area contributed by atoms with E-state index >= 15 is 0 Å². The summed E-state index contributed by atoms with van der Waals surface area (Å²) in [6.07, 6.45) is 0.882. The summed E-state index contributed by atoms with van der Waals surface area (Å²) in [6, 6.07) is 8.66. The molecule has 1 fully saturated rings. The number of nitrogens with zero attached hydrogens (tertiary/aromatic N) is 2. The van der Waals surface area contributed by atoms with Gasteiger partial charge in [0.25, 0.3) is 0 Å². The van der Waals surface area contributed by atoms with E-state index in [0.29, 0.717) is 22.8 Å². The molecule has 1 N–H and O–H groups in total. The highest BCUT2D eigenvalue weighted by atomic mass is 32.1. The highest BCUT2D eigenvalue weighted by Gasteiger charge is 2.30. The summed E-state index contributed by atoms with van der Waals surface area (Å²) in [7, 11) is 0. The van der Waals surface area contributed by atoms with Crippen LogP contribution in [0.4, 0.5) is 13.2 Å². The summed E-state index contributed by atoms with van der Waals surface area (Å²) >= 11 is 1.31. The van der Waals surface area contributed by atoms with Gasteiger partial charge in [0.15, 0.2) is 0 Å². The molecule has 9 heteroatoms. The van der Waals surface area contributed by atoms with Gasteiger partial charge in [-0.05, 0) is 50.2 Å². The molecule has 0 saturated carbocycles. The lowest BCUT2D eigenvalue weighted by Gasteiger charge is -2.33. The fraction of sp³-hybridized carbons (Fsp3) is 0.391. The van der Waals surface area contributed by atoms with Crippen molar-refractivity contribution >= 4 is 17.2 Å². The van der Waals surface area contributed by atoms with Gasteiger partial charge in [0, 0.05) is 17.5 Å². The SMILES string of the molecule is O=C(Cc1csc(-c2ccc(C(F)(F)F)cc2)n1)NCC(c1ccco1)N1CCCCC1. The van der Waals surface area contributed by atoms with E-state index < -0.39 is 11.7 Å². The molecule has 1 aromatic carbocycles. The predicted molar refractivity (Wildman–Crippen MR) is 116 cm³/mol.